The molecule has 0 saturated carbocycles. The Balaban J connectivity index is 1.44. The number of likely N-dealkylation sites (tertiary alicyclic amines) is 1. The molecule has 1 amide bonds. The van der Waals surface area contributed by atoms with Gasteiger partial charge in [0.05, 0.1) is 19.9 Å². The van der Waals surface area contributed by atoms with Crippen molar-refractivity contribution in [2.45, 2.75) is 18.9 Å². The highest BCUT2D eigenvalue weighted by Gasteiger charge is 2.27. The molecule has 2 aromatic rings. The number of aryl methyl sites for hydroxylation is 1. The van der Waals surface area contributed by atoms with E-state index in [2.05, 4.69) is 31.8 Å². The quantitative estimate of drug-likeness (QED) is 0.576. The summed E-state index contributed by atoms with van der Waals surface area (Å²) in [5.41, 5.74) is 2.27. The summed E-state index contributed by atoms with van der Waals surface area (Å²) in [6.07, 6.45) is 5.05. The largest absolute Gasteiger partial charge is 0.497 e. The zero-order valence-corrected chi connectivity index (χ0v) is 16.7. The number of aromatic nitrogens is 2. The lowest BCUT2D eigenvalue weighted by atomic mass is 10.0. The Labute approximate surface area is 165 Å². The number of carbonyl (C=O) groups is 1. The van der Waals surface area contributed by atoms with Crippen LogP contribution in [0.2, 0.25) is 0 Å². The second kappa shape index (κ2) is 9.25. The molecule has 150 valence electrons. The smallest absolute Gasteiger partial charge is 0.239 e. The van der Waals surface area contributed by atoms with Gasteiger partial charge in [-0.15, -0.1) is 0 Å². The van der Waals surface area contributed by atoms with E-state index >= 15 is 0 Å². The molecule has 2 N–H and O–H groups in total. The maximum Gasteiger partial charge on any atom is 0.239 e. The van der Waals surface area contributed by atoms with Crippen LogP contribution < -0.4 is 15.4 Å². The molecule has 1 aromatic heterocycles. The van der Waals surface area contributed by atoms with E-state index in [9.17, 15) is 4.79 Å². The van der Waals surface area contributed by atoms with Crippen molar-refractivity contribution in [1.82, 2.24) is 25.3 Å². The first-order valence-corrected chi connectivity index (χ1v) is 9.43. The van der Waals surface area contributed by atoms with Crippen LogP contribution in [-0.2, 0) is 18.4 Å². The number of ether oxygens (including phenoxy) is 1. The fourth-order valence-electron chi connectivity index (χ4n) is 3.37. The van der Waals surface area contributed by atoms with E-state index in [4.69, 9.17) is 4.74 Å². The Kier molecular flexibility index (Phi) is 6.52. The third kappa shape index (κ3) is 5.03. The summed E-state index contributed by atoms with van der Waals surface area (Å²) in [7, 11) is 5.31. The molecular formula is C20H28N6O2. The molecule has 1 saturated heterocycles. The van der Waals surface area contributed by atoms with Gasteiger partial charge in [0.25, 0.3) is 0 Å². The zero-order chi connectivity index (χ0) is 19.9. The number of rotatable bonds is 6. The fourth-order valence-corrected chi connectivity index (χ4v) is 3.37. The molecule has 0 spiro atoms. The maximum atomic E-state index is 12.2. The van der Waals surface area contributed by atoms with Gasteiger partial charge in [0, 0.05) is 45.8 Å². The summed E-state index contributed by atoms with van der Waals surface area (Å²) in [4.78, 5) is 18.7. The summed E-state index contributed by atoms with van der Waals surface area (Å²) >= 11 is 0. The molecule has 28 heavy (non-hydrogen) atoms. The minimum atomic E-state index is -0.0695. The zero-order valence-electron chi connectivity index (χ0n) is 16.7. The van der Waals surface area contributed by atoms with Crippen LogP contribution in [0.1, 0.15) is 23.5 Å². The molecule has 0 aliphatic carbocycles. The first kappa shape index (κ1) is 19.7. The molecule has 8 heteroatoms. The van der Waals surface area contributed by atoms with Crippen molar-refractivity contribution in [3.8, 4) is 5.75 Å². The van der Waals surface area contributed by atoms with Crippen LogP contribution in [0.15, 0.2) is 41.7 Å². The normalized spacial score (nSPS) is 16.9. The Hall–Kier alpha value is -3.03. The van der Waals surface area contributed by atoms with Crippen LogP contribution in [0.25, 0.3) is 0 Å². The standard InChI is InChI=1S/C20H28N6O2/c1-21-20(26-9-8-16(14-26)17-11-24-25(2)13-17)23-12-19(27)22-10-15-4-6-18(28-3)7-5-15/h4-7,11,13,16H,8-10,12,14H2,1-3H3,(H,21,23)(H,22,27). The van der Waals surface area contributed by atoms with E-state index < -0.39 is 0 Å². The van der Waals surface area contributed by atoms with Crippen molar-refractivity contribution in [3.63, 3.8) is 0 Å². The Morgan fingerprint density at radius 2 is 2.11 bits per heavy atom. The van der Waals surface area contributed by atoms with Gasteiger partial charge in [-0.05, 0) is 29.7 Å². The van der Waals surface area contributed by atoms with E-state index in [1.54, 1.807) is 14.2 Å². The van der Waals surface area contributed by atoms with Gasteiger partial charge in [-0.25, -0.2) is 0 Å². The van der Waals surface area contributed by atoms with Crippen LogP contribution in [0, 0.1) is 0 Å². The summed E-state index contributed by atoms with van der Waals surface area (Å²) < 4.78 is 6.97. The average molecular weight is 384 g/mol. The number of methoxy groups -OCH3 is 1. The van der Waals surface area contributed by atoms with E-state index in [1.807, 2.05) is 42.2 Å². The number of nitrogens with one attached hydrogen (secondary N) is 2. The Morgan fingerprint density at radius 1 is 1.32 bits per heavy atom. The summed E-state index contributed by atoms with van der Waals surface area (Å²) in [5, 5.41) is 10.3. The Morgan fingerprint density at radius 3 is 2.75 bits per heavy atom. The van der Waals surface area contributed by atoms with Crippen molar-refractivity contribution in [1.29, 1.82) is 0 Å². The molecular weight excluding hydrogens is 356 g/mol. The predicted molar refractivity (Wildman–Crippen MR) is 108 cm³/mol. The minimum absolute atomic E-state index is 0.0695. The molecule has 1 aromatic carbocycles. The molecule has 1 aliphatic rings. The van der Waals surface area contributed by atoms with E-state index in [-0.39, 0.29) is 12.5 Å². The molecule has 0 radical (unpaired) electrons. The number of nitrogens with zero attached hydrogens (tertiary/aromatic N) is 4. The number of hydrogen-bond acceptors (Lipinski definition) is 4. The second-order valence-corrected chi connectivity index (χ2v) is 6.90. The topological polar surface area (TPSA) is 83.8 Å². The van der Waals surface area contributed by atoms with E-state index in [0.717, 1.165) is 36.8 Å². The number of amides is 1. The Bertz CT molecular complexity index is 814. The molecule has 3 rings (SSSR count). The third-order valence-corrected chi connectivity index (χ3v) is 4.95. The number of hydrogen-bond donors (Lipinski definition) is 2. The van der Waals surface area contributed by atoms with E-state index in [1.165, 1.54) is 5.56 Å². The van der Waals surface area contributed by atoms with Crippen molar-refractivity contribution in [2.75, 3.05) is 33.8 Å². The SMILES string of the molecule is CN=C(NCC(=O)NCc1ccc(OC)cc1)N1CCC(c2cnn(C)c2)C1. The lowest BCUT2D eigenvalue weighted by molar-refractivity contribution is -0.120. The van der Waals surface area contributed by atoms with Crippen molar-refractivity contribution in [2.24, 2.45) is 12.0 Å². The van der Waals surface area contributed by atoms with Gasteiger partial charge in [-0.2, -0.15) is 5.10 Å². The summed E-state index contributed by atoms with van der Waals surface area (Å²) in [6.45, 7) is 2.46. The molecule has 0 bridgehead atoms. The van der Waals surface area contributed by atoms with Crippen LogP contribution in [0.4, 0.5) is 0 Å². The van der Waals surface area contributed by atoms with Gasteiger partial charge in [-0.3, -0.25) is 14.5 Å². The van der Waals surface area contributed by atoms with Gasteiger partial charge in [0.15, 0.2) is 5.96 Å². The van der Waals surface area contributed by atoms with Gasteiger partial charge >= 0.3 is 0 Å². The lowest BCUT2D eigenvalue weighted by Crippen LogP contribution is -2.44. The second-order valence-electron chi connectivity index (χ2n) is 6.90. The molecule has 2 heterocycles. The number of aliphatic imine (C=N–C) groups is 1. The van der Waals surface area contributed by atoms with Crippen molar-refractivity contribution in [3.05, 3.63) is 47.8 Å². The third-order valence-electron chi connectivity index (χ3n) is 4.95. The van der Waals surface area contributed by atoms with Crippen LogP contribution in [0.5, 0.6) is 5.75 Å². The molecule has 1 aliphatic heterocycles. The molecule has 1 fully saturated rings. The predicted octanol–water partition coefficient (Wildman–Crippen LogP) is 1.11. The maximum absolute atomic E-state index is 12.2. The van der Waals surface area contributed by atoms with Crippen LogP contribution in [-0.4, -0.2) is 60.3 Å². The first-order valence-electron chi connectivity index (χ1n) is 9.43. The van der Waals surface area contributed by atoms with Gasteiger partial charge in [-0.1, -0.05) is 12.1 Å². The minimum Gasteiger partial charge on any atom is -0.497 e. The highest BCUT2D eigenvalue weighted by atomic mass is 16.5. The van der Waals surface area contributed by atoms with Gasteiger partial charge in [0.1, 0.15) is 5.75 Å². The molecule has 1 unspecified atom stereocenters. The lowest BCUT2D eigenvalue weighted by Gasteiger charge is -2.21. The van der Waals surface area contributed by atoms with E-state index in [0.29, 0.717) is 12.5 Å². The monoisotopic (exact) mass is 384 g/mol. The number of guanidine groups is 1. The number of carbonyl (C=O) groups excluding carboxylic acids is 1. The van der Waals surface area contributed by atoms with Gasteiger partial charge in [0.2, 0.25) is 5.91 Å². The summed E-state index contributed by atoms with van der Waals surface area (Å²) in [6, 6.07) is 7.64. The van der Waals surface area contributed by atoms with Crippen molar-refractivity contribution >= 4 is 11.9 Å². The van der Waals surface area contributed by atoms with Crippen molar-refractivity contribution < 1.29 is 9.53 Å². The van der Waals surface area contributed by atoms with Gasteiger partial charge < -0.3 is 20.3 Å². The molecule has 8 nitrogen and oxygen atoms in total. The first-order chi connectivity index (χ1) is 13.6. The highest BCUT2D eigenvalue weighted by Crippen LogP contribution is 2.26. The summed E-state index contributed by atoms with van der Waals surface area (Å²) in [5.74, 6) is 1.93. The molecule has 1 atom stereocenters. The van der Waals surface area contributed by atoms with Crippen LogP contribution in [0.3, 0.4) is 0 Å². The average Bonchev–Trinajstić information content (AvgIpc) is 3.36. The fraction of sp³-hybridized carbons (Fsp3) is 0.450. The van der Waals surface area contributed by atoms with Crippen LogP contribution >= 0.6 is 0 Å². The highest BCUT2D eigenvalue weighted by molar-refractivity contribution is 5.86. The number of benzene rings is 1.